The van der Waals surface area contributed by atoms with Crippen LogP contribution >= 0.6 is 11.6 Å². The van der Waals surface area contributed by atoms with Gasteiger partial charge in [0, 0.05) is 33.9 Å². The maximum absolute atomic E-state index is 13.3. The van der Waals surface area contributed by atoms with Crippen molar-refractivity contribution in [3.05, 3.63) is 70.0 Å². The quantitative estimate of drug-likeness (QED) is 0.920. The minimum atomic E-state index is -1.11. The van der Waals surface area contributed by atoms with Crippen LogP contribution in [-0.2, 0) is 28.9 Å². The molecule has 0 saturated heterocycles. The lowest BCUT2D eigenvalue weighted by Gasteiger charge is -2.08. The number of hydrogen-bond acceptors (Lipinski definition) is 2. The molecule has 2 aromatic rings. The van der Waals surface area contributed by atoms with Crippen LogP contribution in [0.3, 0.4) is 0 Å². The highest BCUT2D eigenvalue weighted by Gasteiger charge is 2.08. The summed E-state index contributed by atoms with van der Waals surface area (Å²) in [4.78, 5) is 0. The largest absolute Gasteiger partial charge is 0.326 e. The monoisotopic (exact) mass is 311 g/mol. The molecule has 2 aromatic carbocycles. The summed E-state index contributed by atoms with van der Waals surface area (Å²) in [5, 5.41) is 0.648. The molecule has 1 atom stereocenters. The number of halogens is 2. The molecule has 0 heterocycles. The van der Waals surface area contributed by atoms with Crippen LogP contribution in [0.1, 0.15) is 16.7 Å². The summed E-state index contributed by atoms with van der Waals surface area (Å²) in [6, 6.07) is 11.6. The Morgan fingerprint density at radius 1 is 1.05 bits per heavy atom. The average molecular weight is 312 g/mol. The molecule has 5 heteroatoms. The lowest BCUT2D eigenvalue weighted by Crippen LogP contribution is -2.06. The van der Waals surface area contributed by atoms with Crippen LogP contribution in [0.25, 0.3) is 0 Å². The van der Waals surface area contributed by atoms with E-state index in [1.165, 1.54) is 12.1 Å². The SMILES string of the molecule is NCc1ccc(F)cc1CS(=O)Cc1ccc(Cl)cc1. The maximum Gasteiger partial charge on any atom is 0.123 e. The molecule has 0 aliphatic carbocycles. The van der Waals surface area contributed by atoms with Gasteiger partial charge in [-0.3, -0.25) is 4.21 Å². The van der Waals surface area contributed by atoms with E-state index in [0.717, 1.165) is 11.1 Å². The molecule has 2 nitrogen and oxygen atoms in total. The van der Waals surface area contributed by atoms with Crippen molar-refractivity contribution in [2.75, 3.05) is 0 Å². The lowest BCUT2D eigenvalue weighted by molar-refractivity contribution is 0.625. The Labute approximate surface area is 125 Å². The molecule has 0 aromatic heterocycles. The summed E-state index contributed by atoms with van der Waals surface area (Å²) in [6.45, 7) is 0.313. The van der Waals surface area contributed by atoms with Crippen molar-refractivity contribution in [2.24, 2.45) is 5.73 Å². The highest BCUT2D eigenvalue weighted by Crippen LogP contribution is 2.16. The first-order valence-electron chi connectivity index (χ1n) is 6.15. The third kappa shape index (κ3) is 4.13. The van der Waals surface area contributed by atoms with E-state index < -0.39 is 10.8 Å². The predicted molar refractivity (Wildman–Crippen MR) is 81.3 cm³/mol. The van der Waals surface area contributed by atoms with Gasteiger partial charge in [0.05, 0.1) is 0 Å². The van der Waals surface area contributed by atoms with Crippen molar-refractivity contribution in [3.8, 4) is 0 Å². The smallest absolute Gasteiger partial charge is 0.123 e. The second-order valence-corrected chi connectivity index (χ2v) is 6.37. The van der Waals surface area contributed by atoms with Gasteiger partial charge in [0.15, 0.2) is 0 Å². The predicted octanol–water partition coefficient (Wildman–Crippen LogP) is 3.39. The zero-order valence-electron chi connectivity index (χ0n) is 10.8. The minimum Gasteiger partial charge on any atom is -0.326 e. The highest BCUT2D eigenvalue weighted by atomic mass is 35.5. The van der Waals surface area contributed by atoms with Crippen molar-refractivity contribution in [2.45, 2.75) is 18.1 Å². The molecular formula is C15H15ClFNOS. The van der Waals surface area contributed by atoms with E-state index in [2.05, 4.69) is 0 Å². The molecule has 0 amide bonds. The number of nitrogens with two attached hydrogens (primary N) is 1. The van der Waals surface area contributed by atoms with Crippen LogP contribution in [0.15, 0.2) is 42.5 Å². The number of benzene rings is 2. The standard InChI is InChI=1S/C15H15ClFNOS/c16-14-4-1-11(2-5-14)9-20(19)10-13-7-15(17)6-3-12(13)8-18/h1-7H,8-10,18H2. The molecular weight excluding hydrogens is 297 g/mol. The first-order chi connectivity index (χ1) is 9.58. The summed E-state index contributed by atoms with van der Waals surface area (Å²) in [5.41, 5.74) is 8.09. The Morgan fingerprint density at radius 2 is 1.75 bits per heavy atom. The van der Waals surface area contributed by atoms with Gasteiger partial charge >= 0.3 is 0 Å². The zero-order valence-corrected chi connectivity index (χ0v) is 12.4. The van der Waals surface area contributed by atoms with E-state index in [9.17, 15) is 8.60 Å². The van der Waals surface area contributed by atoms with Crippen LogP contribution in [0.2, 0.25) is 5.02 Å². The van der Waals surface area contributed by atoms with E-state index in [0.29, 0.717) is 28.6 Å². The average Bonchev–Trinajstić information content (AvgIpc) is 2.41. The highest BCUT2D eigenvalue weighted by molar-refractivity contribution is 7.83. The summed E-state index contributed by atoms with van der Waals surface area (Å²) < 4.78 is 25.4. The molecule has 0 bridgehead atoms. The fourth-order valence-electron chi connectivity index (χ4n) is 1.92. The lowest BCUT2D eigenvalue weighted by atomic mass is 10.1. The molecule has 0 saturated carbocycles. The first kappa shape index (κ1) is 15.2. The van der Waals surface area contributed by atoms with E-state index in [4.69, 9.17) is 17.3 Å². The van der Waals surface area contributed by atoms with Crippen LogP contribution < -0.4 is 5.73 Å². The maximum atomic E-state index is 13.3. The topological polar surface area (TPSA) is 43.1 Å². The molecule has 0 aliphatic heterocycles. The Morgan fingerprint density at radius 3 is 2.40 bits per heavy atom. The summed E-state index contributed by atoms with van der Waals surface area (Å²) in [5.74, 6) is 0.380. The Bertz CT molecular complexity index is 616. The van der Waals surface area contributed by atoms with Gasteiger partial charge in [-0.15, -0.1) is 0 Å². The van der Waals surface area contributed by atoms with Crippen LogP contribution in [0, 0.1) is 5.82 Å². The number of hydrogen-bond donors (Lipinski definition) is 1. The third-order valence-corrected chi connectivity index (χ3v) is 4.49. The Balaban J connectivity index is 2.08. The molecule has 0 aliphatic rings. The van der Waals surface area contributed by atoms with Crippen molar-refractivity contribution >= 4 is 22.4 Å². The molecule has 0 spiro atoms. The summed E-state index contributed by atoms with van der Waals surface area (Å²) in [6.07, 6.45) is 0. The van der Waals surface area contributed by atoms with Gasteiger partial charge in [-0.25, -0.2) is 4.39 Å². The van der Waals surface area contributed by atoms with Crippen molar-refractivity contribution in [1.82, 2.24) is 0 Å². The van der Waals surface area contributed by atoms with E-state index >= 15 is 0 Å². The van der Waals surface area contributed by atoms with Crippen LogP contribution in [0.5, 0.6) is 0 Å². The Hall–Kier alpha value is -1.23. The molecule has 1 unspecified atom stereocenters. The normalized spacial score (nSPS) is 12.3. The molecule has 2 rings (SSSR count). The molecule has 106 valence electrons. The summed E-state index contributed by atoms with van der Waals surface area (Å²) in [7, 11) is -1.11. The minimum absolute atomic E-state index is 0.299. The Kier molecular flexibility index (Phi) is 5.29. The van der Waals surface area contributed by atoms with E-state index in [-0.39, 0.29) is 5.82 Å². The third-order valence-electron chi connectivity index (χ3n) is 2.95. The molecule has 0 fully saturated rings. The second-order valence-electron chi connectivity index (χ2n) is 4.47. The van der Waals surface area contributed by atoms with Gasteiger partial charge in [0.25, 0.3) is 0 Å². The molecule has 20 heavy (non-hydrogen) atoms. The van der Waals surface area contributed by atoms with Crippen molar-refractivity contribution in [1.29, 1.82) is 0 Å². The van der Waals surface area contributed by atoms with Gasteiger partial charge in [-0.1, -0.05) is 29.8 Å². The van der Waals surface area contributed by atoms with Gasteiger partial charge in [-0.2, -0.15) is 0 Å². The fraction of sp³-hybridized carbons (Fsp3) is 0.200. The molecule has 2 N–H and O–H groups in total. The van der Waals surface area contributed by atoms with E-state index in [1.807, 2.05) is 12.1 Å². The molecule has 0 radical (unpaired) electrons. The fourth-order valence-corrected chi connectivity index (χ4v) is 3.33. The summed E-state index contributed by atoms with van der Waals surface area (Å²) >= 11 is 5.80. The first-order valence-corrected chi connectivity index (χ1v) is 8.02. The van der Waals surface area contributed by atoms with Crippen LogP contribution in [0.4, 0.5) is 4.39 Å². The van der Waals surface area contributed by atoms with E-state index in [1.54, 1.807) is 18.2 Å². The second kappa shape index (κ2) is 6.97. The zero-order chi connectivity index (χ0) is 14.5. The van der Waals surface area contributed by atoms with Crippen molar-refractivity contribution < 1.29 is 8.60 Å². The van der Waals surface area contributed by atoms with Crippen molar-refractivity contribution in [3.63, 3.8) is 0 Å². The van der Waals surface area contributed by atoms with Crippen LogP contribution in [-0.4, -0.2) is 4.21 Å². The van der Waals surface area contributed by atoms with Gasteiger partial charge in [0.2, 0.25) is 0 Å². The van der Waals surface area contributed by atoms with Gasteiger partial charge < -0.3 is 5.73 Å². The van der Waals surface area contributed by atoms with Gasteiger partial charge in [0.1, 0.15) is 5.82 Å². The number of rotatable bonds is 5. The van der Waals surface area contributed by atoms with Gasteiger partial charge in [-0.05, 0) is 41.0 Å².